The number of likely N-dealkylation sites (N-methyl/N-ethyl adjacent to an activating group) is 1. The number of hydrogen-bond donors (Lipinski definition) is 1. The second kappa shape index (κ2) is 7.63. The maximum atomic E-state index is 12.1. The largest absolute Gasteiger partial charge is 0.356 e. The minimum Gasteiger partial charge on any atom is -0.356 e. The molecule has 23 heavy (non-hydrogen) atoms. The third kappa shape index (κ3) is 4.45. The van der Waals surface area contributed by atoms with Crippen LogP contribution in [0.2, 0.25) is 0 Å². The summed E-state index contributed by atoms with van der Waals surface area (Å²) in [5, 5.41) is 3.85. The van der Waals surface area contributed by atoms with Gasteiger partial charge in [-0.15, -0.1) is 0 Å². The van der Waals surface area contributed by atoms with E-state index >= 15 is 0 Å². The van der Waals surface area contributed by atoms with Crippen LogP contribution in [0.15, 0.2) is 36.5 Å². The highest BCUT2D eigenvalue weighted by Gasteiger charge is 2.06. The maximum absolute atomic E-state index is 12.1. The Kier molecular flexibility index (Phi) is 5.57. The quantitative estimate of drug-likeness (QED) is 0.656. The zero-order chi connectivity index (χ0) is 16.8. The van der Waals surface area contributed by atoms with Crippen molar-refractivity contribution in [1.82, 2.24) is 14.8 Å². The van der Waals surface area contributed by atoms with E-state index in [2.05, 4.69) is 22.0 Å². The number of aromatic nitrogens is 1. The molecule has 0 spiro atoms. The van der Waals surface area contributed by atoms with Gasteiger partial charge in [-0.25, -0.2) is 0 Å². The fourth-order valence-electron chi connectivity index (χ4n) is 2.48. The predicted octanol–water partition coefficient (Wildman–Crippen LogP) is 2.18. The molecular weight excluding hydrogens is 290 g/mol. The molecule has 0 saturated heterocycles. The lowest BCUT2D eigenvalue weighted by Gasteiger charge is -2.14. The van der Waals surface area contributed by atoms with Crippen molar-refractivity contribution in [3.8, 4) is 0 Å². The van der Waals surface area contributed by atoms with Crippen LogP contribution in [-0.4, -0.2) is 41.4 Å². The van der Waals surface area contributed by atoms with Crippen molar-refractivity contribution in [2.45, 2.75) is 13.3 Å². The lowest BCUT2D eigenvalue weighted by atomic mass is 10.1. The van der Waals surface area contributed by atoms with E-state index < -0.39 is 0 Å². The highest BCUT2D eigenvalue weighted by atomic mass is 16.2. The Bertz CT molecular complexity index is 731. The molecule has 0 aliphatic rings. The van der Waals surface area contributed by atoms with Gasteiger partial charge in [0.15, 0.2) is 0 Å². The number of hydrogen-bond acceptors (Lipinski definition) is 2. The van der Waals surface area contributed by atoms with Gasteiger partial charge in [0, 0.05) is 62.8 Å². The predicted molar refractivity (Wildman–Crippen MR) is 92.9 cm³/mol. The zero-order valence-electron chi connectivity index (χ0n) is 13.9. The number of nitrogens with one attached hydrogen (secondary N) is 1. The number of fused-ring (bicyclic) bond motifs is 1. The van der Waals surface area contributed by atoms with Crippen molar-refractivity contribution in [2.24, 2.45) is 7.05 Å². The molecule has 5 nitrogen and oxygen atoms in total. The highest BCUT2D eigenvalue weighted by Crippen LogP contribution is 2.21. The fraction of sp³-hybridized carbons (Fsp3) is 0.333. The van der Waals surface area contributed by atoms with Crippen molar-refractivity contribution >= 4 is 28.8 Å². The summed E-state index contributed by atoms with van der Waals surface area (Å²) in [6.45, 7) is 2.68. The number of carbonyl (C=O) groups excluding carboxylic acids is 2. The van der Waals surface area contributed by atoms with Crippen molar-refractivity contribution < 1.29 is 9.59 Å². The molecule has 2 aromatic rings. The summed E-state index contributed by atoms with van der Waals surface area (Å²) in [6, 6.07) is 8.11. The minimum absolute atomic E-state index is 0.0410. The van der Waals surface area contributed by atoms with Gasteiger partial charge in [0.25, 0.3) is 0 Å². The molecule has 5 heteroatoms. The van der Waals surface area contributed by atoms with E-state index in [1.807, 2.05) is 31.5 Å². The van der Waals surface area contributed by atoms with Crippen LogP contribution in [0.3, 0.4) is 0 Å². The summed E-state index contributed by atoms with van der Waals surface area (Å²) in [5.41, 5.74) is 2.17. The first-order valence-electron chi connectivity index (χ1n) is 7.70. The molecule has 0 radical (unpaired) electrons. The molecule has 2 amide bonds. The first-order valence-corrected chi connectivity index (χ1v) is 7.70. The second-order valence-corrected chi connectivity index (χ2v) is 5.64. The summed E-state index contributed by atoms with van der Waals surface area (Å²) in [5.74, 6) is -0.0874. The average Bonchev–Trinajstić information content (AvgIpc) is 2.85. The van der Waals surface area contributed by atoms with E-state index in [1.54, 1.807) is 18.0 Å². The lowest BCUT2D eigenvalue weighted by molar-refractivity contribution is -0.124. The van der Waals surface area contributed by atoms with E-state index in [0.717, 1.165) is 22.9 Å². The molecule has 0 unspecified atom stereocenters. The number of rotatable bonds is 6. The standard InChI is InChI=1S/C18H23N3O2/c1-14(22)19-11-6-12-20(2)18(23)10-9-15-13-21(3)17-8-5-4-7-16(15)17/h4-5,7-10,13H,6,11-12H2,1-3H3,(H,19,22)/b10-9+. The van der Waals surface area contributed by atoms with Gasteiger partial charge in [-0.3, -0.25) is 9.59 Å². The van der Waals surface area contributed by atoms with Crippen LogP contribution in [0.1, 0.15) is 18.9 Å². The number of para-hydroxylation sites is 1. The Hall–Kier alpha value is -2.56. The van der Waals surface area contributed by atoms with Gasteiger partial charge in [0.2, 0.25) is 11.8 Å². The third-order valence-electron chi connectivity index (χ3n) is 3.75. The van der Waals surface area contributed by atoms with Crippen LogP contribution in [0.25, 0.3) is 17.0 Å². The van der Waals surface area contributed by atoms with E-state index in [9.17, 15) is 9.59 Å². The Morgan fingerprint density at radius 2 is 2.04 bits per heavy atom. The first-order chi connectivity index (χ1) is 11.0. The summed E-state index contributed by atoms with van der Waals surface area (Å²) >= 11 is 0. The summed E-state index contributed by atoms with van der Waals surface area (Å²) in [6.07, 6.45) is 6.21. The van der Waals surface area contributed by atoms with Crippen LogP contribution in [0.4, 0.5) is 0 Å². The van der Waals surface area contributed by atoms with E-state index in [0.29, 0.717) is 13.1 Å². The van der Waals surface area contributed by atoms with Crippen molar-refractivity contribution in [1.29, 1.82) is 0 Å². The normalized spacial score (nSPS) is 11.1. The van der Waals surface area contributed by atoms with Gasteiger partial charge in [-0.05, 0) is 18.6 Å². The monoisotopic (exact) mass is 313 g/mol. The molecule has 0 saturated carbocycles. The molecular formula is C18H23N3O2. The van der Waals surface area contributed by atoms with Crippen molar-refractivity contribution in [3.63, 3.8) is 0 Å². The van der Waals surface area contributed by atoms with Gasteiger partial charge in [-0.1, -0.05) is 18.2 Å². The molecule has 0 aliphatic carbocycles. The van der Waals surface area contributed by atoms with E-state index in [-0.39, 0.29) is 11.8 Å². The summed E-state index contributed by atoms with van der Waals surface area (Å²) in [4.78, 5) is 24.6. The average molecular weight is 313 g/mol. The summed E-state index contributed by atoms with van der Waals surface area (Å²) < 4.78 is 2.05. The molecule has 1 aromatic carbocycles. The van der Waals surface area contributed by atoms with Crippen LogP contribution in [-0.2, 0) is 16.6 Å². The van der Waals surface area contributed by atoms with Gasteiger partial charge in [-0.2, -0.15) is 0 Å². The molecule has 0 fully saturated rings. The minimum atomic E-state index is -0.0465. The van der Waals surface area contributed by atoms with Gasteiger partial charge in [0.05, 0.1) is 0 Å². The number of aryl methyl sites for hydroxylation is 1. The van der Waals surface area contributed by atoms with Crippen LogP contribution < -0.4 is 5.32 Å². The molecule has 0 bridgehead atoms. The van der Waals surface area contributed by atoms with Crippen LogP contribution in [0, 0.1) is 0 Å². The van der Waals surface area contributed by atoms with E-state index in [1.165, 1.54) is 6.92 Å². The molecule has 122 valence electrons. The Balaban J connectivity index is 1.95. The van der Waals surface area contributed by atoms with Gasteiger partial charge in [0.1, 0.15) is 0 Å². The Morgan fingerprint density at radius 1 is 1.30 bits per heavy atom. The number of nitrogens with zero attached hydrogens (tertiary/aromatic N) is 2. The zero-order valence-corrected chi connectivity index (χ0v) is 13.9. The topological polar surface area (TPSA) is 54.3 Å². The SMILES string of the molecule is CC(=O)NCCCN(C)C(=O)/C=C/c1cn(C)c2ccccc12. The third-order valence-corrected chi connectivity index (χ3v) is 3.75. The Labute approximate surface area is 136 Å². The highest BCUT2D eigenvalue weighted by molar-refractivity contribution is 5.96. The number of carbonyl (C=O) groups is 2. The van der Waals surface area contributed by atoms with Crippen molar-refractivity contribution in [2.75, 3.05) is 20.1 Å². The second-order valence-electron chi connectivity index (χ2n) is 5.64. The number of amides is 2. The molecule has 1 aromatic heterocycles. The summed E-state index contributed by atoms with van der Waals surface area (Å²) in [7, 11) is 3.76. The van der Waals surface area contributed by atoms with Gasteiger partial charge >= 0.3 is 0 Å². The molecule has 0 atom stereocenters. The molecule has 1 N–H and O–H groups in total. The number of benzene rings is 1. The van der Waals surface area contributed by atoms with Crippen LogP contribution in [0.5, 0.6) is 0 Å². The van der Waals surface area contributed by atoms with E-state index in [4.69, 9.17) is 0 Å². The van der Waals surface area contributed by atoms with Crippen molar-refractivity contribution in [3.05, 3.63) is 42.1 Å². The first kappa shape index (κ1) is 16.8. The fourth-order valence-corrected chi connectivity index (χ4v) is 2.48. The Morgan fingerprint density at radius 3 is 2.78 bits per heavy atom. The lowest BCUT2D eigenvalue weighted by Crippen LogP contribution is -2.29. The van der Waals surface area contributed by atoms with Gasteiger partial charge < -0.3 is 14.8 Å². The maximum Gasteiger partial charge on any atom is 0.246 e. The molecule has 2 rings (SSSR count). The van der Waals surface area contributed by atoms with Crippen LogP contribution >= 0.6 is 0 Å². The molecule has 1 heterocycles. The smallest absolute Gasteiger partial charge is 0.246 e. The molecule has 0 aliphatic heterocycles.